The van der Waals surface area contributed by atoms with Gasteiger partial charge in [-0.2, -0.15) is 16.8 Å². The predicted octanol–water partition coefficient (Wildman–Crippen LogP) is 1.48. The second-order valence-corrected chi connectivity index (χ2v) is 6.31. The normalized spacial score (nSPS) is 11.5. The lowest BCUT2D eigenvalue weighted by Gasteiger charge is -1.97. The SMILES string of the molecule is CCS(=O)(=O)O.O=S(=O)(O)c1ccccc1Cl. The van der Waals surface area contributed by atoms with E-state index in [-0.39, 0.29) is 15.7 Å². The van der Waals surface area contributed by atoms with Crippen molar-refractivity contribution in [2.45, 2.75) is 11.8 Å². The summed E-state index contributed by atoms with van der Waals surface area (Å²) in [5.41, 5.74) is 0. The molecule has 1 rings (SSSR count). The van der Waals surface area contributed by atoms with Crippen LogP contribution in [0.5, 0.6) is 0 Å². The van der Waals surface area contributed by atoms with Crippen molar-refractivity contribution in [1.82, 2.24) is 0 Å². The fourth-order valence-corrected chi connectivity index (χ4v) is 1.65. The van der Waals surface area contributed by atoms with E-state index in [1.165, 1.54) is 25.1 Å². The quantitative estimate of drug-likeness (QED) is 0.801. The largest absolute Gasteiger partial charge is 0.296 e. The van der Waals surface area contributed by atoms with Gasteiger partial charge in [0.15, 0.2) is 0 Å². The molecule has 0 spiro atoms. The smallest absolute Gasteiger partial charge is 0.286 e. The predicted molar refractivity (Wildman–Crippen MR) is 63.4 cm³/mol. The molecule has 0 unspecified atom stereocenters. The maximum atomic E-state index is 10.5. The van der Waals surface area contributed by atoms with E-state index in [2.05, 4.69) is 0 Å². The van der Waals surface area contributed by atoms with E-state index >= 15 is 0 Å². The monoisotopic (exact) mass is 302 g/mol. The third kappa shape index (κ3) is 7.29. The molecule has 0 radical (unpaired) electrons. The maximum absolute atomic E-state index is 10.5. The average Bonchev–Trinajstić information content (AvgIpc) is 2.16. The molecule has 0 atom stereocenters. The summed E-state index contributed by atoms with van der Waals surface area (Å²) < 4.78 is 56.5. The Kier molecular flexibility index (Phi) is 6.06. The first-order valence-electron chi connectivity index (χ1n) is 4.25. The van der Waals surface area contributed by atoms with Crippen LogP contribution in [0.1, 0.15) is 6.92 Å². The molecule has 6 nitrogen and oxygen atoms in total. The van der Waals surface area contributed by atoms with Crippen LogP contribution in [0.2, 0.25) is 5.02 Å². The average molecular weight is 303 g/mol. The number of hydrogen-bond acceptors (Lipinski definition) is 4. The van der Waals surface area contributed by atoms with Gasteiger partial charge in [-0.25, -0.2) is 0 Å². The summed E-state index contributed by atoms with van der Waals surface area (Å²) in [7, 11) is -7.83. The highest BCUT2D eigenvalue weighted by molar-refractivity contribution is 7.86. The van der Waals surface area contributed by atoms with Gasteiger partial charge in [-0.1, -0.05) is 23.7 Å². The molecule has 0 saturated carbocycles. The van der Waals surface area contributed by atoms with Gasteiger partial charge in [-0.05, 0) is 19.1 Å². The number of benzene rings is 1. The molecule has 0 saturated heterocycles. The van der Waals surface area contributed by atoms with Gasteiger partial charge in [0.1, 0.15) is 4.90 Å². The summed E-state index contributed by atoms with van der Waals surface area (Å²) in [5, 5.41) is 0.0231. The van der Waals surface area contributed by atoms with E-state index in [1.807, 2.05) is 0 Å². The topological polar surface area (TPSA) is 109 Å². The molecule has 9 heteroatoms. The van der Waals surface area contributed by atoms with Crippen LogP contribution in [0, 0.1) is 0 Å². The zero-order chi connectivity index (χ0) is 13.7. The zero-order valence-electron chi connectivity index (χ0n) is 8.74. The van der Waals surface area contributed by atoms with E-state index in [9.17, 15) is 16.8 Å². The van der Waals surface area contributed by atoms with Gasteiger partial charge in [-0.15, -0.1) is 0 Å². The fourth-order valence-electron chi connectivity index (χ4n) is 0.654. The van der Waals surface area contributed by atoms with Gasteiger partial charge in [0, 0.05) is 0 Å². The Bertz CT molecular complexity index is 563. The van der Waals surface area contributed by atoms with Crippen molar-refractivity contribution in [3.8, 4) is 0 Å². The van der Waals surface area contributed by atoms with Crippen molar-refractivity contribution in [2.75, 3.05) is 5.75 Å². The van der Waals surface area contributed by atoms with Gasteiger partial charge in [0.25, 0.3) is 20.2 Å². The first-order chi connectivity index (χ1) is 7.58. The first-order valence-corrected chi connectivity index (χ1v) is 7.68. The summed E-state index contributed by atoms with van der Waals surface area (Å²) in [6.45, 7) is 1.37. The number of hydrogen-bond donors (Lipinski definition) is 2. The first kappa shape index (κ1) is 16.3. The highest BCUT2D eigenvalue weighted by Gasteiger charge is 2.12. The molecule has 0 aromatic heterocycles. The van der Waals surface area contributed by atoms with Gasteiger partial charge < -0.3 is 0 Å². The molecule has 1 aromatic rings. The van der Waals surface area contributed by atoms with Crippen molar-refractivity contribution in [2.24, 2.45) is 0 Å². The minimum absolute atomic E-state index is 0.0231. The zero-order valence-corrected chi connectivity index (χ0v) is 11.1. The van der Waals surface area contributed by atoms with Gasteiger partial charge in [-0.3, -0.25) is 9.11 Å². The highest BCUT2D eigenvalue weighted by Crippen LogP contribution is 2.19. The van der Waals surface area contributed by atoms with Crippen LogP contribution in [0.3, 0.4) is 0 Å². The van der Waals surface area contributed by atoms with E-state index in [0.29, 0.717) is 0 Å². The minimum Gasteiger partial charge on any atom is -0.286 e. The fraction of sp³-hybridized carbons (Fsp3) is 0.250. The van der Waals surface area contributed by atoms with Crippen molar-refractivity contribution < 1.29 is 25.9 Å². The molecule has 98 valence electrons. The Balaban J connectivity index is 0.000000366. The summed E-state index contributed by atoms with van der Waals surface area (Å²) in [4.78, 5) is -0.262. The van der Waals surface area contributed by atoms with Crippen LogP contribution in [0.15, 0.2) is 29.2 Å². The Morgan fingerprint density at radius 1 is 1.12 bits per heavy atom. The molecular weight excluding hydrogens is 292 g/mol. The van der Waals surface area contributed by atoms with Gasteiger partial charge >= 0.3 is 0 Å². The Hall–Kier alpha value is -0.670. The Labute approximate surface area is 105 Å². The van der Waals surface area contributed by atoms with E-state index in [4.69, 9.17) is 20.7 Å². The summed E-state index contributed by atoms with van der Waals surface area (Å²) in [5.74, 6) is -0.201. The van der Waals surface area contributed by atoms with Crippen LogP contribution in [-0.2, 0) is 20.2 Å². The molecular formula is C8H11ClO6S2. The Morgan fingerprint density at radius 3 is 1.76 bits per heavy atom. The summed E-state index contributed by atoms with van der Waals surface area (Å²) in [6, 6.07) is 5.69. The lowest BCUT2D eigenvalue weighted by atomic mass is 10.4. The van der Waals surface area contributed by atoms with E-state index in [1.54, 1.807) is 6.07 Å². The lowest BCUT2D eigenvalue weighted by molar-refractivity contribution is 0.481. The van der Waals surface area contributed by atoms with Crippen molar-refractivity contribution >= 4 is 31.8 Å². The molecule has 0 bridgehead atoms. The van der Waals surface area contributed by atoms with Crippen LogP contribution in [0.4, 0.5) is 0 Å². The molecule has 0 amide bonds. The van der Waals surface area contributed by atoms with Crippen LogP contribution in [-0.4, -0.2) is 31.7 Å². The molecule has 17 heavy (non-hydrogen) atoms. The molecule has 0 aliphatic heterocycles. The molecule has 2 N–H and O–H groups in total. The molecule has 1 aromatic carbocycles. The third-order valence-corrected chi connectivity index (χ3v) is 3.56. The third-order valence-electron chi connectivity index (χ3n) is 1.48. The Morgan fingerprint density at radius 2 is 1.53 bits per heavy atom. The maximum Gasteiger partial charge on any atom is 0.296 e. The van der Waals surface area contributed by atoms with Crippen LogP contribution in [0.25, 0.3) is 0 Å². The molecule has 0 aliphatic carbocycles. The second-order valence-electron chi connectivity index (χ2n) is 2.78. The van der Waals surface area contributed by atoms with E-state index < -0.39 is 20.2 Å². The summed E-state index contributed by atoms with van der Waals surface area (Å²) in [6.07, 6.45) is 0. The summed E-state index contributed by atoms with van der Waals surface area (Å²) >= 11 is 5.47. The van der Waals surface area contributed by atoms with Crippen molar-refractivity contribution in [3.63, 3.8) is 0 Å². The molecule has 0 heterocycles. The second kappa shape index (κ2) is 6.31. The number of halogens is 1. The van der Waals surface area contributed by atoms with E-state index in [0.717, 1.165) is 0 Å². The molecule has 0 fully saturated rings. The van der Waals surface area contributed by atoms with Crippen LogP contribution >= 0.6 is 11.6 Å². The standard InChI is InChI=1S/C6H5ClO3S.C2H6O3S/c7-5-3-1-2-4-6(5)11(8,9)10;1-2-6(3,4)5/h1-4H,(H,8,9,10);2H2,1H3,(H,3,4,5). The number of rotatable bonds is 2. The van der Waals surface area contributed by atoms with Gasteiger partial charge in [0.05, 0.1) is 10.8 Å². The highest BCUT2D eigenvalue weighted by atomic mass is 35.5. The minimum atomic E-state index is -4.17. The molecule has 0 aliphatic rings. The van der Waals surface area contributed by atoms with Crippen molar-refractivity contribution in [3.05, 3.63) is 29.3 Å². The van der Waals surface area contributed by atoms with Crippen molar-refractivity contribution in [1.29, 1.82) is 0 Å². The lowest BCUT2D eigenvalue weighted by Crippen LogP contribution is -1.97. The van der Waals surface area contributed by atoms with Gasteiger partial charge in [0.2, 0.25) is 0 Å². The van der Waals surface area contributed by atoms with Crippen LogP contribution < -0.4 is 0 Å².